The molecule has 1 atom stereocenters. The van der Waals surface area contributed by atoms with Gasteiger partial charge in [0.1, 0.15) is 0 Å². The zero-order chi connectivity index (χ0) is 21.3. The Balaban J connectivity index is 1.62. The molecule has 1 saturated heterocycles. The first-order valence-electron chi connectivity index (χ1n) is 9.78. The van der Waals surface area contributed by atoms with E-state index >= 15 is 0 Å². The van der Waals surface area contributed by atoms with Crippen LogP contribution in [0.3, 0.4) is 0 Å². The second-order valence-corrected chi connectivity index (χ2v) is 7.47. The fourth-order valence-electron chi connectivity index (χ4n) is 3.73. The number of nitrogens with one attached hydrogen (secondary N) is 1. The Labute approximate surface area is 171 Å². The topological polar surface area (TPSA) is 58.1 Å². The zero-order valence-corrected chi connectivity index (χ0v) is 16.4. The van der Waals surface area contributed by atoms with E-state index in [0.29, 0.717) is 30.6 Å². The van der Waals surface area contributed by atoms with Gasteiger partial charge in [0.2, 0.25) is 5.91 Å². The molecule has 1 aromatic heterocycles. The molecule has 1 N–H and O–H groups in total. The van der Waals surface area contributed by atoms with Crippen molar-refractivity contribution in [2.75, 3.05) is 23.3 Å². The van der Waals surface area contributed by atoms with E-state index in [0.717, 1.165) is 5.56 Å². The second-order valence-electron chi connectivity index (χ2n) is 7.47. The number of hydrogen-bond acceptors (Lipinski definition) is 4. The summed E-state index contributed by atoms with van der Waals surface area (Å²) < 4.78 is 41.1. The van der Waals surface area contributed by atoms with Crippen molar-refractivity contribution in [2.24, 2.45) is 5.92 Å². The van der Waals surface area contributed by atoms with Gasteiger partial charge >= 0.3 is 6.18 Å². The molecule has 2 heterocycles. The fourth-order valence-corrected chi connectivity index (χ4v) is 3.73. The number of aromatic nitrogens is 2. The van der Waals surface area contributed by atoms with Gasteiger partial charge in [0.15, 0.2) is 11.5 Å². The summed E-state index contributed by atoms with van der Waals surface area (Å²) >= 11 is 0. The van der Waals surface area contributed by atoms with Crippen LogP contribution in [0.15, 0.2) is 48.5 Å². The van der Waals surface area contributed by atoms with E-state index in [9.17, 15) is 18.0 Å². The lowest BCUT2D eigenvalue weighted by molar-refractivity contribution is -0.140. The molecule has 3 aromatic rings. The molecule has 0 spiro atoms. The molecule has 1 fully saturated rings. The quantitative estimate of drug-likeness (QED) is 0.668. The summed E-state index contributed by atoms with van der Waals surface area (Å²) in [5.74, 6) is -0.849. The standard InChI is InChI=1S/C22H21F3N4O/c1-14-7-2-3-9-16(14)28-21(30)15-8-6-12-29(13-15)20-19(22(23,24)25)26-17-10-4-5-11-18(17)27-20/h2-5,7,9-11,15H,6,8,12-13H2,1H3,(H,28,30)/t15-/m0/s1. The number of carbonyl (C=O) groups excluding carboxylic acids is 1. The third-order valence-corrected chi connectivity index (χ3v) is 5.32. The Morgan fingerprint density at radius 3 is 2.43 bits per heavy atom. The van der Waals surface area contributed by atoms with Crippen molar-refractivity contribution >= 4 is 28.4 Å². The Morgan fingerprint density at radius 1 is 1.07 bits per heavy atom. The van der Waals surface area contributed by atoms with Gasteiger partial charge in [-0.3, -0.25) is 4.79 Å². The number of halogens is 3. The molecular formula is C22H21F3N4O. The Kier molecular flexibility index (Phi) is 5.32. The van der Waals surface area contributed by atoms with Gasteiger partial charge in [0, 0.05) is 18.8 Å². The first-order chi connectivity index (χ1) is 14.3. The number of para-hydroxylation sites is 3. The summed E-state index contributed by atoms with van der Waals surface area (Å²) in [6.07, 6.45) is -3.43. The van der Waals surface area contributed by atoms with Crippen LogP contribution in [0.5, 0.6) is 0 Å². The van der Waals surface area contributed by atoms with Gasteiger partial charge in [0.25, 0.3) is 0 Å². The minimum absolute atomic E-state index is 0.161. The fraction of sp³-hybridized carbons (Fsp3) is 0.318. The smallest absolute Gasteiger partial charge is 0.354 e. The van der Waals surface area contributed by atoms with Crippen LogP contribution in [0.25, 0.3) is 11.0 Å². The van der Waals surface area contributed by atoms with Crippen LogP contribution in [0.4, 0.5) is 24.7 Å². The molecule has 1 aliphatic rings. The highest BCUT2D eigenvalue weighted by molar-refractivity contribution is 5.93. The number of hydrogen-bond donors (Lipinski definition) is 1. The first-order valence-corrected chi connectivity index (χ1v) is 9.78. The monoisotopic (exact) mass is 414 g/mol. The molecule has 156 valence electrons. The molecule has 0 radical (unpaired) electrons. The molecule has 5 nitrogen and oxygen atoms in total. The Bertz CT molecular complexity index is 1080. The zero-order valence-electron chi connectivity index (χ0n) is 16.4. The molecule has 0 unspecified atom stereocenters. The van der Waals surface area contributed by atoms with Crippen molar-refractivity contribution in [3.63, 3.8) is 0 Å². The van der Waals surface area contributed by atoms with Crippen LogP contribution in [-0.2, 0) is 11.0 Å². The van der Waals surface area contributed by atoms with Crippen molar-refractivity contribution in [1.82, 2.24) is 9.97 Å². The molecule has 1 amide bonds. The summed E-state index contributed by atoms with van der Waals surface area (Å²) in [4.78, 5) is 22.4. The number of anilines is 2. The van der Waals surface area contributed by atoms with Crippen molar-refractivity contribution in [3.05, 3.63) is 59.8 Å². The number of nitrogens with zero attached hydrogens (tertiary/aromatic N) is 3. The number of benzene rings is 2. The van der Waals surface area contributed by atoms with E-state index in [1.54, 1.807) is 18.2 Å². The number of piperidine rings is 1. The predicted octanol–water partition coefficient (Wildman–Crippen LogP) is 4.81. The number of carbonyl (C=O) groups is 1. The maximum Gasteiger partial charge on any atom is 0.437 e. The average molecular weight is 414 g/mol. The predicted molar refractivity (Wildman–Crippen MR) is 109 cm³/mol. The third-order valence-electron chi connectivity index (χ3n) is 5.32. The van der Waals surface area contributed by atoms with Gasteiger partial charge < -0.3 is 10.2 Å². The summed E-state index contributed by atoms with van der Waals surface area (Å²) in [7, 11) is 0. The van der Waals surface area contributed by atoms with Crippen LogP contribution >= 0.6 is 0 Å². The average Bonchev–Trinajstić information content (AvgIpc) is 2.74. The van der Waals surface area contributed by atoms with Crippen molar-refractivity contribution in [2.45, 2.75) is 25.9 Å². The van der Waals surface area contributed by atoms with Gasteiger partial charge in [0.05, 0.1) is 17.0 Å². The maximum absolute atomic E-state index is 13.7. The van der Waals surface area contributed by atoms with Crippen molar-refractivity contribution < 1.29 is 18.0 Å². The van der Waals surface area contributed by atoms with Gasteiger partial charge in [-0.25, -0.2) is 9.97 Å². The third kappa shape index (κ3) is 4.08. The number of rotatable bonds is 3. The molecule has 2 aromatic carbocycles. The highest BCUT2D eigenvalue weighted by Gasteiger charge is 2.40. The van der Waals surface area contributed by atoms with Gasteiger partial charge in [-0.1, -0.05) is 30.3 Å². The Morgan fingerprint density at radius 2 is 1.73 bits per heavy atom. The van der Waals surface area contributed by atoms with E-state index < -0.39 is 17.8 Å². The van der Waals surface area contributed by atoms with Crippen molar-refractivity contribution in [1.29, 1.82) is 0 Å². The van der Waals surface area contributed by atoms with E-state index in [1.807, 2.05) is 31.2 Å². The summed E-state index contributed by atoms with van der Waals surface area (Å²) in [5.41, 5.74) is 1.21. The lowest BCUT2D eigenvalue weighted by Gasteiger charge is -2.34. The molecule has 0 saturated carbocycles. The minimum Gasteiger partial charge on any atom is -0.354 e. The van der Waals surface area contributed by atoms with Gasteiger partial charge in [-0.2, -0.15) is 13.2 Å². The van der Waals surface area contributed by atoms with Crippen molar-refractivity contribution in [3.8, 4) is 0 Å². The highest BCUT2D eigenvalue weighted by Crippen LogP contribution is 2.36. The van der Waals surface area contributed by atoms with E-state index in [4.69, 9.17) is 0 Å². The van der Waals surface area contributed by atoms with Crippen LogP contribution in [0.1, 0.15) is 24.1 Å². The molecule has 8 heteroatoms. The maximum atomic E-state index is 13.7. The first kappa shape index (κ1) is 20.1. The second kappa shape index (κ2) is 7.93. The van der Waals surface area contributed by atoms with Crippen LogP contribution in [0.2, 0.25) is 0 Å². The van der Waals surface area contributed by atoms with Crippen LogP contribution in [0, 0.1) is 12.8 Å². The van der Waals surface area contributed by atoms with Crippen LogP contribution < -0.4 is 10.2 Å². The summed E-state index contributed by atoms with van der Waals surface area (Å²) in [6, 6.07) is 13.9. The van der Waals surface area contributed by atoms with E-state index in [1.165, 1.54) is 11.0 Å². The molecule has 30 heavy (non-hydrogen) atoms. The van der Waals surface area contributed by atoms with Crippen LogP contribution in [-0.4, -0.2) is 29.0 Å². The Hall–Kier alpha value is -3.16. The number of amides is 1. The van der Waals surface area contributed by atoms with Gasteiger partial charge in [-0.05, 0) is 43.5 Å². The minimum atomic E-state index is -4.64. The van der Waals surface area contributed by atoms with E-state index in [-0.39, 0.29) is 23.8 Å². The molecular weight excluding hydrogens is 393 g/mol. The normalized spacial score (nSPS) is 17.2. The largest absolute Gasteiger partial charge is 0.437 e. The summed E-state index contributed by atoms with van der Waals surface area (Å²) in [6.45, 7) is 2.45. The number of aryl methyl sites for hydroxylation is 1. The lowest BCUT2D eigenvalue weighted by Crippen LogP contribution is -2.42. The van der Waals surface area contributed by atoms with Gasteiger partial charge in [-0.15, -0.1) is 0 Å². The van der Waals surface area contributed by atoms with E-state index in [2.05, 4.69) is 15.3 Å². The molecule has 0 aliphatic carbocycles. The number of alkyl halides is 3. The highest BCUT2D eigenvalue weighted by atomic mass is 19.4. The number of fused-ring (bicyclic) bond motifs is 1. The molecule has 0 bridgehead atoms. The SMILES string of the molecule is Cc1ccccc1NC(=O)[C@H]1CCCN(c2nc3ccccc3nc2C(F)(F)F)C1. The molecule has 1 aliphatic heterocycles. The lowest BCUT2D eigenvalue weighted by atomic mass is 9.96. The molecule has 4 rings (SSSR count). The summed E-state index contributed by atoms with van der Waals surface area (Å²) in [5, 5.41) is 2.90.